The maximum absolute atomic E-state index is 12.5. The molecule has 7 nitrogen and oxygen atoms in total. The zero-order valence-corrected chi connectivity index (χ0v) is 16.3. The van der Waals surface area contributed by atoms with Gasteiger partial charge in [0, 0.05) is 24.5 Å². The highest BCUT2D eigenvalue weighted by atomic mass is 32.2. The Morgan fingerprint density at radius 3 is 2.96 bits per heavy atom. The summed E-state index contributed by atoms with van der Waals surface area (Å²) in [5, 5.41) is 2.41. The van der Waals surface area contributed by atoms with Crippen LogP contribution in [0.3, 0.4) is 0 Å². The van der Waals surface area contributed by atoms with Gasteiger partial charge in [-0.05, 0) is 31.0 Å². The van der Waals surface area contributed by atoms with Crippen molar-refractivity contribution in [2.24, 2.45) is 0 Å². The summed E-state index contributed by atoms with van der Waals surface area (Å²) >= 11 is 1.40. The van der Waals surface area contributed by atoms with Gasteiger partial charge in [-0.2, -0.15) is 0 Å². The summed E-state index contributed by atoms with van der Waals surface area (Å²) in [7, 11) is -3.73. The van der Waals surface area contributed by atoms with Crippen molar-refractivity contribution in [3.8, 4) is 5.19 Å². The Morgan fingerprint density at radius 1 is 1.42 bits per heavy atom. The molecule has 1 N–H and O–H groups in total. The van der Waals surface area contributed by atoms with Gasteiger partial charge in [0.25, 0.3) is 5.19 Å². The number of benzene rings is 1. The Balaban J connectivity index is 1.56. The second-order valence-electron chi connectivity index (χ2n) is 6.26. The molecule has 3 rings (SSSR count). The first-order valence-electron chi connectivity index (χ1n) is 8.26. The second-order valence-corrected chi connectivity index (χ2v) is 8.85. The van der Waals surface area contributed by atoms with Gasteiger partial charge in [-0.3, -0.25) is 4.79 Å². The van der Waals surface area contributed by atoms with Crippen LogP contribution in [0.15, 0.2) is 34.7 Å². The molecule has 1 aromatic carbocycles. The maximum atomic E-state index is 12.5. The van der Waals surface area contributed by atoms with Crippen molar-refractivity contribution in [3.05, 3.63) is 40.9 Å². The van der Waals surface area contributed by atoms with E-state index in [1.54, 1.807) is 30.2 Å². The molecule has 0 saturated carbocycles. The van der Waals surface area contributed by atoms with E-state index in [0.717, 1.165) is 5.56 Å². The van der Waals surface area contributed by atoms with Gasteiger partial charge < -0.3 is 9.64 Å². The fourth-order valence-corrected chi connectivity index (χ4v) is 4.66. The van der Waals surface area contributed by atoms with Crippen LogP contribution in [0.5, 0.6) is 5.19 Å². The molecule has 0 spiro atoms. The number of aryl methyl sites for hydroxylation is 2. The van der Waals surface area contributed by atoms with Crippen LogP contribution in [-0.4, -0.2) is 49.9 Å². The summed E-state index contributed by atoms with van der Waals surface area (Å²) < 4.78 is 33.1. The van der Waals surface area contributed by atoms with Crippen LogP contribution in [0.1, 0.15) is 17.5 Å². The SMILES string of the molecule is Cc1ccc(C)c(S(=O)(=O)NCC(=O)N2CCC(Oc3nccs3)C2)c1. The third-order valence-electron chi connectivity index (χ3n) is 4.22. The van der Waals surface area contributed by atoms with Crippen molar-refractivity contribution in [1.29, 1.82) is 0 Å². The number of sulfonamides is 1. The van der Waals surface area contributed by atoms with Gasteiger partial charge in [-0.1, -0.05) is 23.5 Å². The molecule has 2 aromatic rings. The van der Waals surface area contributed by atoms with Crippen LogP contribution in [0.4, 0.5) is 0 Å². The molecule has 0 bridgehead atoms. The zero-order chi connectivity index (χ0) is 18.7. The van der Waals surface area contributed by atoms with Gasteiger partial charge in [-0.15, -0.1) is 0 Å². The van der Waals surface area contributed by atoms with Crippen molar-refractivity contribution < 1.29 is 17.9 Å². The Labute approximate surface area is 157 Å². The quantitative estimate of drug-likeness (QED) is 0.805. The third-order valence-corrected chi connectivity index (χ3v) is 6.43. The van der Waals surface area contributed by atoms with Gasteiger partial charge in [0.05, 0.1) is 18.0 Å². The number of aromatic nitrogens is 1. The van der Waals surface area contributed by atoms with E-state index in [0.29, 0.717) is 30.3 Å². The minimum absolute atomic E-state index is 0.110. The number of hydrogen-bond acceptors (Lipinski definition) is 6. The van der Waals surface area contributed by atoms with E-state index in [2.05, 4.69) is 9.71 Å². The number of amides is 1. The van der Waals surface area contributed by atoms with Crippen molar-refractivity contribution >= 4 is 27.3 Å². The molecule has 0 radical (unpaired) electrons. The first-order valence-corrected chi connectivity index (χ1v) is 10.6. The van der Waals surface area contributed by atoms with E-state index < -0.39 is 10.0 Å². The Morgan fingerprint density at radius 2 is 2.23 bits per heavy atom. The number of nitrogens with one attached hydrogen (secondary N) is 1. The smallest absolute Gasteiger partial charge is 0.273 e. The number of rotatable bonds is 6. The number of likely N-dealkylation sites (tertiary alicyclic amines) is 1. The number of thiazole rings is 1. The molecule has 1 atom stereocenters. The lowest BCUT2D eigenvalue weighted by atomic mass is 10.2. The van der Waals surface area contributed by atoms with Gasteiger partial charge in [0.15, 0.2) is 0 Å². The molecule has 1 unspecified atom stereocenters. The average Bonchev–Trinajstić information content (AvgIpc) is 3.27. The molecular formula is C17H21N3O4S2. The van der Waals surface area contributed by atoms with Crippen LogP contribution in [0, 0.1) is 13.8 Å². The molecule has 9 heteroatoms. The topological polar surface area (TPSA) is 88.6 Å². The lowest BCUT2D eigenvalue weighted by molar-refractivity contribution is -0.129. The molecule has 0 aliphatic carbocycles. The fourth-order valence-electron chi connectivity index (χ4n) is 2.81. The van der Waals surface area contributed by atoms with Crippen LogP contribution >= 0.6 is 11.3 Å². The molecule has 1 aliphatic heterocycles. The summed E-state index contributed by atoms with van der Waals surface area (Å²) in [4.78, 5) is 18.2. The first-order chi connectivity index (χ1) is 12.3. The summed E-state index contributed by atoms with van der Waals surface area (Å²) in [5.74, 6) is -0.260. The number of carbonyl (C=O) groups is 1. The third kappa shape index (κ3) is 4.40. The maximum Gasteiger partial charge on any atom is 0.273 e. The Kier molecular flexibility index (Phi) is 5.59. The highest BCUT2D eigenvalue weighted by molar-refractivity contribution is 7.89. The highest BCUT2D eigenvalue weighted by Gasteiger charge is 2.29. The highest BCUT2D eigenvalue weighted by Crippen LogP contribution is 2.20. The second kappa shape index (κ2) is 7.73. The van der Waals surface area contributed by atoms with Crippen molar-refractivity contribution in [2.45, 2.75) is 31.3 Å². The van der Waals surface area contributed by atoms with Crippen molar-refractivity contribution in [3.63, 3.8) is 0 Å². The fraction of sp³-hybridized carbons (Fsp3) is 0.412. The minimum Gasteiger partial charge on any atom is -0.465 e. The van der Waals surface area contributed by atoms with Gasteiger partial charge >= 0.3 is 0 Å². The number of carbonyl (C=O) groups excluding carboxylic acids is 1. The van der Waals surface area contributed by atoms with Crippen LogP contribution in [0.25, 0.3) is 0 Å². The van der Waals surface area contributed by atoms with E-state index in [9.17, 15) is 13.2 Å². The summed E-state index contributed by atoms with van der Waals surface area (Å²) in [6.07, 6.45) is 2.26. The monoisotopic (exact) mass is 395 g/mol. The molecule has 1 aliphatic rings. The normalized spacial score (nSPS) is 17.5. The largest absolute Gasteiger partial charge is 0.465 e. The molecule has 1 fully saturated rings. The lowest BCUT2D eigenvalue weighted by Gasteiger charge is -2.17. The molecular weight excluding hydrogens is 374 g/mol. The summed E-state index contributed by atoms with van der Waals surface area (Å²) in [6.45, 7) is 4.27. The van der Waals surface area contributed by atoms with Crippen LogP contribution in [-0.2, 0) is 14.8 Å². The van der Waals surface area contributed by atoms with E-state index >= 15 is 0 Å². The van der Waals surface area contributed by atoms with Crippen LogP contribution < -0.4 is 9.46 Å². The van der Waals surface area contributed by atoms with Crippen molar-refractivity contribution in [2.75, 3.05) is 19.6 Å². The number of ether oxygens (including phenoxy) is 1. The number of nitrogens with zero attached hydrogens (tertiary/aromatic N) is 2. The van der Waals surface area contributed by atoms with E-state index in [4.69, 9.17) is 4.74 Å². The van der Waals surface area contributed by atoms with Gasteiger partial charge in [0.2, 0.25) is 15.9 Å². The minimum atomic E-state index is -3.73. The molecule has 2 heterocycles. The Bertz CT molecular complexity index is 881. The van der Waals surface area contributed by atoms with Crippen LogP contribution in [0.2, 0.25) is 0 Å². The van der Waals surface area contributed by atoms with Gasteiger partial charge in [0.1, 0.15) is 6.10 Å². The molecule has 26 heavy (non-hydrogen) atoms. The van der Waals surface area contributed by atoms with E-state index in [-0.39, 0.29) is 23.5 Å². The molecule has 140 valence electrons. The number of hydrogen-bond donors (Lipinski definition) is 1. The zero-order valence-electron chi connectivity index (χ0n) is 14.6. The average molecular weight is 396 g/mol. The van der Waals surface area contributed by atoms with E-state index in [1.165, 1.54) is 11.3 Å². The standard InChI is InChI=1S/C17H21N3O4S2/c1-12-3-4-13(2)15(9-12)26(22,23)19-10-16(21)20-7-5-14(11-20)24-17-18-6-8-25-17/h3-4,6,8-9,14,19H,5,7,10-11H2,1-2H3. The van der Waals surface area contributed by atoms with Gasteiger partial charge in [-0.25, -0.2) is 18.1 Å². The summed E-state index contributed by atoms with van der Waals surface area (Å²) in [5.41, 5.74) is 1.50. The predicted molar refractivity (Wildman–Crippen MR) is 98.8 cm³/mol. The molecule has 1 saturated heterocycles. The lowest BCUT2D eigenvalue weighted by Crippen LogP contribution is -2.39. The summed E-state index contributed by atoms with van der Waals surface area (Å²) in [6, 6.07) is 5.22. The first kappa shape index (κ1) is 18.8. The van der Waals surface area contributed by atoms with E-state index in [1.807, 2.05) is 18.4 Å². The predicted octanol–water partition coefficient (Wildman–Crippen LogP) is 1.72. The Hall–Kier alpha value is -1.97. The van der Waals surface area contributed by atoms with Crippen molar-refractivity contribution in [1.82, 2.24) is 14.6 Å². The molecule has 1 aromatic heterocycles. The molecule has 1 amide bonds.